The smallest absolute Gasteiger partial charge is 0.300 e. The number of hydrogen-bond acceptors (Lipinski definition) is 5. The number of halogens is 1. The van der Waals surface area contributed by atoms with Crippen LogP contribution in [-0.2, 0) is 9.59 Å². The molecule has 3 aromatic rings. The van der Waals surface area contributed by atoms with Crippen LogP contribution < -0.4 is 14.4 Å². The number of carbonyl (C=O) groups excluding carboxylic acids is 2. The van der Waals surface area contributed by atoms with E-state index in [0.717, 1.165) is 0 Å². The lowest BCUT2D eigenvalue weighted by Gasteiger charge is -2.25. The van der Waals surface area contributed by atoms with Gasteiger partial charge in [-0.2, -0.15) is 0 Å². The Kier molecular flexibility index (Phi) is 5.88. The lowest BCUT2D eigenvalue weighted by Crippen LogP contribution is -2.29. The Morgan fingerprint density at radius 2 is 1.53 bits per heavy atom. The fourth-order valence-electron chi connectivity index (χ4n) is 3.75. The first-order valence-electron chi connectivity index (χ1n) is 9.80. The fourth-order valence-corrected chi connectivity index (χ4v) is 3.95. The van der Waals surface area contributed by atoms with Crippen molar-refractivity contribution in [1.29, 1.82) is 0 Å². The Balaban J connectivity index is 1.96. The van der Waals surface area contributed by atoms with Gasteiger partial charge in [-0.05, 0) is 48.0 Å². The molecule has 32 heavy (non-hydrogen) atoms. The lowest BCUT2D eigenvalue weighted by atomic mass is 9.95. The first-order valence-corrected chi connectivity index (χ1v) is 10.2. The molecule has 1 amide bonds. The molecule has 1 unspecified atom stereocenters. The number of rotatable bonds is 5. The van der Waals surface area contributed by atoms with Gasteiger partial charge in [0.05, 0.1) is 30.9 Å². The third kappa shape index (κ3) is 3.69. The van der Waals surface area contributed by atoms with Crippen molar-refractivity contribution in [2.24, 2.45) is 0 Å². The van der Waals surface area contributed by atoms with Crippen LogP contribution in [0.1, 0.15) is 17.2 Å². The van der Waals surface area contributed by atoms with E-state index < -0.39 is 17.7 Å². The van der Waals surface area contributed by atoms with E-state index in [-0.39, 0.29) is 21.9 Å². The number of aliphatic hydroxyl groups excluding tert-OH is 1. The fraction of sp³-hybridized carbons (Fsp3) is 0.120. The maximum Gasteiger partial charge on any atom is 0.300 e. The van der Waals surface area contributed by atoms with Gasteiger partial charge in [0.25, 0.3) is 11.7 Å². The van der Waals surface area contributed by atoms with Gasteiger partial charge in [0.2, 0.25) is 0 Å². The van der Waals surface area contributed by atoms with Crippen molar-refractivity contribution in [2.75, 3.05) is 19.1 Å². The molecule has 1 heterocycles. The highest BCUT2D eigenvalue weighted by Gasteiger charge is 2.47. The largest absolute Gasteiger partial charge is 0.507 e. The van der Waals surface area contributed by atoms with Crippen molar-refractivity contribution in [1.82, 2.24) is 0 Å². The van der Waals surface area contributed by atoms with Gasteiger partial charge in [-0.1, -0.05) is 41.9 Å². The molecular weight excluding hydrogens is 430 g/mol. The highest BCUT2D eigenvalue weighted by atomic mass is 35.5. The number of Topliss-reactive ketones (excluding diaryl/α,β-unsaturated/α-hetero) is 1. The molecule has 1 fully saturated rings. The molecular formula is C25H20ClNO5. The van der Waals surface area contributed by atoms with Crippen LogP contribution in [0.4, 0.5) is 5.69 Å². The minimum atomic E-state index is -0.856. The number of aliphatic hydroxyl groups is 1. The Labute approximate surface area is 190 Å². The van der Waals surface area contributed by atoms with E-state index in [0.29, 0.717) is 22.7 Å². The monoisotopic (exact) mass is 449 g/mol. The van der Waals surface area contributed by atoms with E-state index in [2.05, 4.69) is 0 Å². The molecule has 0 radical (unpaired) electrons. The van der Waals surface area contributed by atoms with E-state index in [1.54, 1.807) is 67.8 Å². The zero-order valence-electron chi connectivity index (χ0n) is 17.4. The number of nitrogens with zero attached hydrogens (tertiary/aromatic N) is 1. The predicted octanol–water partition coefficient (Wildman–Crippen LogP) is 4.98. The Hall–Kier alpha value is -3.77. The molecule has 0 bridgehead atoms. The van der Waals surface area contributed by atoms with E-state index in [9.17, 15) is 14.7 Å². The van der Waals surface area contributed by atoms with E-state index >= 15 is 0 Å². The summed E-state index contributed by atoms with van der Waals surface area (Å²) in [6, 6.07) is 19.7. The summed E-state index contributed by atoms with van der Waals surface area (Å²) in [6.07, 6.45) is 0. The minimum Gasteiger partial charge on any atom is -0.507 e. The molecule has 162 valence electrons. The summed E-state index contributed by atoms with van der Waals surface area (Å²) in [5.74, 6) is -0.828. The topological polar surface area (TPSA) is 76.1 Å². The summed E-state index contributed by atoms with van der Waals surface area (Å²) in [6.45, 7) is 0. The zero-order valence-corrected chi connectivity index (χ0v) is 18.2. The highest BCUT2D eigenvalue weighted by Crippen LogP contribution is 2.43. The second kappa shape index (κ2) is 8.77. The SMILES string of the molecule is COc1ccc(C2/C(=C(\O)c3cc(OC)ccc3Cl)C(=O)C(=O)N2c2ccccc2)cc1. The number of ketones is 1. The zero-order chi connectivity index (χ0) is 22.8. The van der Waals surface area contributed by atoms with Crippen LogP contribution in [0.3, 0.4) is 0 Å². The molecule has 1 N–H and O–H groups in total. The molecule has 1 atom stereocenters. The number of methoxy groups -OCH3 is 2. The molecule has 0 aliphatic carbocycles. The number of benzene rings is 3. The lowest BCUT2D eigenvalue weighted by molar-refractivity contribution is -0.132. The molecule has 1 aliphatic heterocycles. The van der Waals surface area contributed by atoms with Gasteiger partial charge in [0.15, 0.2) is 0 Å². The van der Waals surface area contributed by atoms with E-state index in [1.807, 2.05) is 6.07 Å². The second-order valence-corrected chi connectivity index (χ2v) is 7.53. The normalized spacial score (nSPS) is 17.5. The maximum absolute atomic E-state index is 13.2. The Morgan fingerprint density at radius 1 is 0.906 bits per heavy atom. The molecule has 4 rings (SSSR count). The standard InChI is InChI=1S/C25H20ClNO5/c1-31-17-10-8-15(9-11-17)22-21(23(28)19-14-18(32-2)12-13-20(19)26)24(29)25(30)27(22)16-6-4-3-5-7-16/h3-14,22,28H,1-2H3/b23-21+. The predicted molar refractivity (Wildman–Crippen MR) is 122 cm³/mol. The first-order chi connectivity index (χ1) is 15.5. The van der Waals surface area contributed by atoms with Crippen LogP contribution in [0, 0.1) is 0 Å². The van der Waals surface area contributed by atoms with Crippen molar-refractivity contribution in [2.45, 2.75) is 6.04 Å². The van der Waals surface area contributed by atoms with Crippen molar-refractivity contribution in [3.05, 3.63) is 94.5 Å². The van der Waals surface area contributed by atoms with Crippen LogP contribution in [0.2, 0.25) is 5.02 Å². The van der Waals surface area contributed by atoms with E-state index in [1.165, 1.54) is 18.1 Å². The number of carbonyl (C=O) groups is 2. The molecule has 1 aliphatic rings. The third-order valence-electron chi connectivity index (χ3n) is 5.34. The summed E-state index contributed by atoms with van der Waals surface area (Å²) in [4.78, 5) is 27.7. The quantitative estimate of drug-likeness (QED) is 0.337. The molecule has 3 aromatic carbocycles. The summed E-state index contributed by atoms with van der Waals surface area (Å²) < 4.78 is 10.5. The van der Waals surface area contributed by atoms with Crippen LogP contribution in [0.25, 0.3) is 5.76 Å². The average molecular weight is 450 g/mol. The van der Waals surface area contributed by atoms with Gasteiger partial charge in [-0.15, -0.1) is 0 Å². The Morgan fingerprint density at radius 3 is 2.16 bits per heavy atom. The Bertz CT molecular complexity index is 1200. The number of ether oxygens (including phenoxy) is 2. The third-order valence-corrected chi connectivity index (χ3v) is 5.67. The molecule has 0 saturated carbocycles. The number of para-hydroxylation sites is 1. The van der Waals surface area contributed by atoms with Crippen molar-refractivity contribution in [3.8, 4) is 11.5 Å². The van der Waals surface area contributed by atoms with Crippen LogP contribution in [-0.4, -0.2) is 31.0 Å². The second-order valence-electron chi connectivity index (χ2n) is 7.12. The van der Waals surface area contributed by atoms with Gasteiger partial charge < -0.3 is 14.6 Å². The van der Waals surface area contributed by atoms with Gasteiger partial charge in [0, 0.05) is 11.3 Å². The van der Waals surface area contributed by atoms with Crippen molar-refractivity contribution >= 4 is 34.7 Å². The van der Waals surface area contributed by atoms with Gasteiger partial charge in [-0.3, -0.25) is 14.5 Å². The summed E-state index contributed by atoms with van der Waals surface area (Å²) in [5, 5.41) is 11.4. The van der Waals surface area contributed by atoms with Crippen molar-refractivity contribution in [3.63, 3.8) is 0 Å². The molecule has 6 nitrogen and oxygen atoms in total. The van der Waals surface area contributed by atoms with Gasteiger partial charge >= 0.3 is 0 Å². The average Bonchev–Trinajstić information content (AvgIpc) is 3.10. The van der Waals surface area contributed by atoms with Crippen LogP contribution >= 0.6 is 11.6 Å². The number of amides is 1. The number of hydrogen-bond donors (Lipinski definition) is 1. The van der Waals surface area contributed by atoms with Gasteiger partial charge in [0.1, 0.15) is 17.3 Å². The summed E-state index contributed by atoms with van der Waals surface area (Å²) in [7, 11) is 3.04. The highest BCUT2D eigenvalue weighted by molar-refractivity contribution is 6.52. The summed E-state index contributed by atoms with van der Waals surface area (Å²) in [5.41, 5.74) is 1.32. The van der Waals surface area contributed by atoms with Gasteiger partial charge in [-0.25, -0.2) is 0 Å². The molecule has 1 saturated heterocycles. The van der Waals surface area contributed by atoms with E-state index in [4.69, 9.17) is 21.1 Å². The van der Waals surface area contributed by atoms with Crippen molar-refractivity contribution < 1.29 is 24.2 Å². The first kappa shape index (κ1) is 21.5. The number of anilines is 1. The molecule has 0 spiro atoms. The van der Waals surface area contributed by atoms with Crippen LogP contribution in [0.15, 0.2) is 78.4 Å². The maximum atomic E-state index is 13.2. The minimum absolute atomic E-state index is 0.0563. The molecule has 0 aromatic heterocycles. The van der Waals surface area contributed by atoms with Crippen LogP contribution in [0.5, 0.6) is 11.5 Å². The molecule has 7 heteroatoms. The summed E-state index contributed by atoms with van der Waals surface area (Å²) >= 11 is 6.32.